The largest absolute Gasteiger partial charge is 0.472 e. The molecule has 29 heavy (non-hydrogen) atoms. The summed E-state index contributed by atoms with van der Waals surface area (Å²) in [6.07, 6.45) is 0. The molecule has 0 atom stereocenters. The molecule has 0 fully saturated rings. The summed E-state index contributed by atoms with van der Waals surface area (Å²) >= 11 is 0. The molecule has 0 bridgehead atoms. The monoisotopic (exact) mass is 371 g/mol. The van der Waals surface area contributed by atoms with E-state index in [1.807, 2.05) is 6.07 Å². The minimum atomic E-state index is -0.656. The molecule has 4 aromatic carbocycles. The number of rotatable bonds is 0. The predicted molar refractivity (Wildman–Crippen MR) is 116 cm³/mol. The van der Waals surface area contributed by atoms with Gasteiger partial charge in [-0.05, 0) is 29.3 Å². The van der Waals surface area contributed by atoms with Gasteiger partial charge < -0.3 is 9.72 Å². The maximum absolute atomic E-state index is 7.01. The Morgan fingerprint density at radius 2 is 1.17 bits per heavy atom. The van der Waals surface area contributed by atoms with Crippen LogP contribution in [0.4, 0.5) is 0 Å². The van der Waals surface area contributed by atoms with Crippen LogP contribution in [0.5, 0.6) is 5.75 Å². The summed E-state index contributed by atoms with van der Waals surface area (Å²) in [5.41, 5.74) is 8.88. The van der Waals surface area contributed by atoms with Gasteiger partial charge in [0.05, 0.1) is 5.69 Å². The van der Waals surface area contributed by atoms with Crippen LogP contribution in [0.2, 0.25) is 0 Å². The highest BCUT2D eigenvalue weighted by Gasteiger charge is 2.52. The Morgan fingerprint density at radius 1 is 0.586 bits per heavy atom. The molecule has 0 radical (unpaired) electrons. The van der Waals surface area contributed by atoms with Gasteiger partial charge in [0.2, 0.25) is 0 Å². The Bertz CT molecular complexity index is 1400. The SMILES string of the molecule is c1ccc2c(c1)OC1(c3ccccc3-c3ccccc31)c1c-2[nH]c2ccccc12. The quantitative estimate of drug-likeness (QED) is 0.330. The number of hydrogen-bond acceptors (Lipinski definition) is 1. The molecule has 1 spiro atoms. The first-order valence-electron chi connectivity index (χ1n) is 9.97. The van der Waals surface area contributed by atoms with Gasteiger partial charge in [-0.1, -0.05) is 78.9 Å². The Labute approximate surface area is 168 Å². The number of hydrogen-bond donors (Lipinski definition) is 1. The summed E-state index contributed by atoms with van der Waals surface area (Å²) < 4.78 is 7.01. The van der Waals surface area contributed by atoms with E-state index >= 15 is 0 Å². The van der Waals surface area contributed by atoms with Crippen LogP contribution >= 0.6 is 0 Å². The van der Waals surface area contributed by atoms with Crippen LogP contribution in [0, 0.1) is 0 Å². The van der Waals surface area contributed by atoms with E-state index in [-0.39, 0.29) is 0 Å². The van der Waals surface area contributed by atoms with Gasteiger partial charge in [-0.2, -0.15) is 0 Å². The number of para-hydroxylation sites is 2. The highest BCUT2D eigenvalue weighted by Crippen LogP contribution is 2.59. The topological polar surface area (TPSA) is 25.0 Å². The van der Waals surface area contributed by atoms with E-state index in [2.05, 4.69) is 96.0 Å². The summed E-state index contributed by atoms with van der Waals surface area (Å²) in [5, 5.41) is 1.21. The first-order chi connectivity index (χ1) is 14.4. The zero-order valence-corrected chi connectivity index (χ0v) is 15.6. The lowest BCUT2D eigenvalue weighted by atomic mass is 9.79. The lowest BCUT2D eigenvalue weighted by molar-refractivity contribution is 0.158. The second kappa shape index (κ2) is 5.18. The van der Waals surface area contributed by atoms with Crippen molar-refractivity contribution in [1.29, 1.82) is 0 Å². The molecule has 136 valence electrons. The van der Waals surface area contributed by atoms with Crippen molar-refractivity contribution in [2.24, 2.45) is 0 Å². The second-order valence-corrected chi connectivity index (χ2v) is 7.79. The van der Waals surface area contributed by atoms with Gasteiger partial charge >= 0.3 is 0 Å². The maximum Gasteiger partial charge on any atom is 0.188 e. The Morgan fingerprint density at radius 3 is 1.93 bits per heavy atom. The van der Waals surface area contributed by atoms with Crippen molar-refractivity contribution in [3.8, 4) is 28.1 Å². The summed E-state index contributed by atoms with van der Waals surface area (Å²) in [4.78, 5) is 3.71. The minimum Gasteiger partial charge on any atom is -0.472 e. The molecule has 1 aliphatic heterocycles. The second-order valence-electron chi connectivity index (χ2n) is 7.79. The van der Waals surface area contributed by atoms with Crippen LogP contribution in [-0.4, -0.2) is 4.98 Å². The molecular formula is C27H17NO. The molecule has 5 aromatic rings. The van der Waals surface area contributed by atoms with Gasteiger partial charge in [-0.3, -0.25) is 0 Å². The maximum atomic E-state index is 7.01. The fraction of sp³-hybridized carbons (Fsp3) is 0.0370. The van der Waals surface area contributed by atoms with Crippen molar-refractivity contribution in [1.82, 2.24) is 4.98 Å². The van der Waals surface area contributed by atoms with E-state index in [4.69, 9.17) is 4.74 Å². The fourth-order valence-electron chi connectivity index (χ4n) is 5.26. The molecule has 1 aliphatic carbocycles. The molecule has 2 heteroatoms. The highest BCUT2D eigenvalue weighted by molar-refractivity contribution is 5.98. The molecule has 1 aromatic heterocycles. The average molecular weight is 371 g/mol. The Balaban J connectivity index is 1.72. The summed E-state index contributed by atoms with van der Waals surface area (Å²) in [7, 11) is 0. The van der Waals surface area contributed by atoms with Crippen LogP contribution in [-0.2, 0) is 5.60 Å². The van der Waals surface area contributed by atoms with Crippen molar-refractivity contribution >= 4 is 10.9 Å². The smallest absolute Gasteiger partial charge is 0.188 e. The third kappa shape index (κ3) is 1.73. The standard InChI is InChI=1S/C27H17NO/c1-5-13-21-17(9-1)18-10-2-6-14-22(18)27(21)25-19-11-3-7-15-23(19)28-26(25)20-12-4-8-16-24(20)29-27/h1-16,28H. The van der Waals surface area contributed by atoms with E-state index in [0.717, 1.165) is 22.5 Å². The van der Waals surface area contributed by atoms with Crippen LogP contribution in [0.3, 0.4) is 0 Å². The first kappa shape index (κ1) is 15.2. The van der Waals surface area contributed by atoms with E-state index < -0.39 is 5.60 Å². The molecule has 2 heterocycles. The van der Waals surface area contributed by atoms with Gasteiger partial charge in [0.25, 0.3) is 0 Å². The first-order valence-corrected chi connectivity index (χ1v) is 9.97. The highest BCUT2D eigenvalue weighted by atomic mass is 16.5. The third-order valence-electron chi connectivity index (χ3n) is 6.38. The summed E-state index contributed by atoms with van der Waals surface area (Å²) in [6, 6.07) is 34.2. The number of H-pyrrole nitrogens is 1. The number of fused-ring (bicyclic) bond motifs is 11. The third-order valence-corrected chi connectivity index (χ3v) is 6.38. The van der Waals surface area contributed by atoms with Crippen molar-refractivity contribution in [3.63, 3.8) is 0 Å². The lowest BCUT2D eigenvalue weighted by Gasteiger charge is -2.38. The van der Waals surface area contributed by atoms with Crippen molar-refractivity contribution < 1.29 is 4.74 Å². The van der Waals surface area contributed by atoms with Gasteiger partial charge in [0, 0.05) is 33.2 Å². The number of aromatic nitrogens is 1. The number of benzene rings is 4. The van der Waals surface area contributed by atoms with Crippen molar-refractivity contribution in [3.05, 3.63) is 114 Å². The minimum absolute atomic E-state index is 0.656. The van der Waals surface area contributed by atoms with Gasteiger partial charge in [-0.15, -0.1) is 0 Å². The number of nitrogens with one attached hydrogen (secondary N) is 1. The van der Waals surface area contributed by atoms with Crippen LogP contribution in [0.15, 0.2) is 97.1 Å². The molecule has 2 aliphatic rings. The van der Waals surface area contributed by atoms with Crippen LogP contribution in [0.1, 0.15) is 16.7 Å². The molecule has 0 amide bonds. The predicted octanol–water partition coefficient (Wildman–Crippen LogP) is 6.50. The van der Waals surface area contributed by atoms with Gasteiger partial charge in [0.1, 0.15) is 5.75 Å². The molecule has 1 N–H and O–H groups in total. The van der Waals surface area contributed by atoms with E-state index in [0.29, 0.717) is 0 Å². The van der Waals surface area contributed by atoms with E-state index in [9.17, 15) is 0 Å². The van der Waals surface area contributed by atoms with E-state index in [1.54, 1.807) is 0 Å². The Kier molecular flexibility index (Phi) is 2.71. The number of aromatic amines is 1. The van der Waals surface area contributed by atoms with Gasteiger partial charge in [-0.25, -0.2) is 0 Å². The normalized spacial score (nSPS) is 14.8. The van der Waals surface area contributed by atoms with E-state index in [1.165, 1.54) is 33.2 Å². The van der Waals surface area contributed by atoms with Gasteiger partial charge in [0.15, 0.2) is 5.60 Å². The zero-order chi connectivity index (χ0) is 19.0. The van der Waals surface area contributed by atoms with Crippen molar-refractivity contribution in [2.45, 2.75) is 5.60 Å². The van der Waals surface area contributed by atoms with Crippen LogP contribution in [0.25, 0.3) is 33.3 Å². The van der Waals surface area contributed by atoms with Crippen LogP contribution < -0.4 is 4.74 Å². The average Bonchev–Trinajstić information content (AvgIpc) is 3.30. The summed E-state index contributed by atoms with van der Waals surface area (Å²) in [5.74, 6) is 0.915. The molecule has 0 unspecified atom stereocenters. The molecule has 2 nitrogen and oxygen atoms in total. The summed E-state index contributed by atoms with van der Waals surface area (Å²) in [6.45, 7) is 0. The zero-order valence-electron chi connectivity index (χ0n) is 15.6. The molecule has 0 saturated carbocycles. The van der Waals surface area contributed by atoms with Crippen molar-refractivity contribution in [2.75, 3.05) is 0 Å². The molecular weight excluding hydrogens is 354 g/mol. The Hall–Kier alpha value is -3.78. The molecule has 7 rings (SSSR count). The fourth-order valence-corrected chi connectivity index (χ4v) is 5.26. The lowest BCUT2D eigenvalue weighted by Crippen LogP contribution is -2.36. The number of ether oxygens (including phenoxy) is 1. The molecule has 0 saturated heterocycles.